The van der Waals surface area contributed by atoms with E-state index in [2.05, 4.69) is 20.6 Å². The second kappa shape index (κ2) is 6.34. The predicted molar refractivity (Wildman–Crippen MR) is 91.0 cm³/mol. The molecule has 2 N–H and O–H groups in total. The third kappa shape index (κ3) is 3.01. The van der Waals surface area contributed by atoms with Crippen molar-refractivity contribution in [3.05, 3.63) is 26.1 Å². The van der Waals surface area contributed by atoms with Crippen molar-refractivity contribution < 1.29 is 4.79 Å². The van der Waals surface area contributed by atoms with Crippen molar-refractivity contribution in [3.8, 4) is 0 Å². The highest BCUT2D eigenvalue weighted by Gasteiger charge is 2.27. The normalized spacial score (nSPS) is 17.1. The molecule has 2 aromatic rings. The fourth-order valence-electron chi connectivity index (χ4n) is 2.74. The van der Waals surface area contributed by atoms with Crippen LogP contribution in [0.4, 0.5) is 5.13 Å². The van der Waals surface area contributed by atoms with Crippen LogP contribution in [-0.2, 0) is 6.42 Å². The van der Waals surface area contributed by atoms with Crippen LogP contribution < -0.4 is 10.6 Å². The number of aromatic nitrogens is 2. The zero-order chi connectivity index (χ0) is 15.7. The molecule has 2 aromatic heterocycles. The lowest BCUT2D eigenvalue weighted by atomic mass is 9.97. The number of nitrogens with one attached hydrogen (secondary N) is 2. The molecule has 0 unspecified atom stereocenters. The zero-order valence-electron chi connectivity index (χ0n) is 13.0. The van der Waals surface area contributed by atoms with Gasteiger partial charge in [-0.3, -0.25) is 4.79 Å². The first kappa shape index (κ1) is 15.4. The van der Waals surface area contributed by atoms with Gasteiger partial charge in [0, 0.05) is 11.4 Å². The molecule has 0 fully saturated rings. The molecule has 0 radical (unpaired) electrons. The lowest BCUT2D eigenvalue weighted by molar-refractivity contribution is 0.0935. The van der Waals surface area contributed by atoms with Crippen molar-refractivity contribution in [1.29, 1.82) is 0 Å². The molecule has 1 atom stereocenters. The highest BCUT2D eigenvalue weighted by Crippen LogP contribution is 2.33. The van der Waals surface area contributed by atoms with Crippen molar-refractivity contribution in [2.45, 2.75) is 46.1 Å². The molecular formula is C15H20N4OS2. The molecule has 0 aliphatic heterocycles. The Labute approximate surface area is 138 Å². The Balaban J connectivity index is 1.77. The Kier molecular flexibility index (Phi) is 4.44. The highest BCUT2D eigenvalue weighted by atomic mass is 32.1. The van der Waals surface area contributed by atoms with Gasteiger partial charge in [-0.05, 0) is 40.0 Å². The van der Waals surface area contributed by atoms with Crippen LogP contribution >= 0.6 is 22.7 Å². The maximum absolute atomic E-state index is 12.6. The summed E-state index contributed by atoms with van der Waals surface area (Å²) in [6, 6.07) is 0.0327. The van der Waals surface area contributed by atoms with Crippen molar-refractivity contribution in [3.63, 3.8) is 0 Å². The van der Waals surface area contributed by atoms with Gasteiger partial charge in [0.1, 0.15) is 4.88 Å². The quantitative estimate of drug-likeness (QED) is 0.897. The van der Waals surface area contributed by atoms with Crippen LogP contribution in [0.15, 0.2) is 0 Å². The molecule has 0 saturated heterocycles. The van der Waals surface area contributed by atoms with Crippen molar-refractivity contribution >= 4 is 33.7 Å². The second-order valence-electron chi connectivity index (χ2n) is 5.42. The molecule has 118 valence electrons. The number of nitrogens with zero attached hydrogens (tertiary/aromatic N) is 2. The minimum Gasteiger partial charge on any atom is -0.362 e. The SMILES string of the molecule is CCNc1nc(C)c(C(=O)N[C@@H]2CCCc3sc(C)nc32)s1. The molecule has 7 heteroatoms. The van der Waals surface area contributed by atoms with Gasteiger partial charge in [-0.15, -0.1) is 11.3 Å². The summed E-state index contributed by atoms with van der Waals surface area (Å²) < 4.78 is 0. The number of fused-ring (bicyclic) bond motifs is 1. The van der Waals surface area contributed by atoms with Crippen molar-refractivity contribution in [2.75, 3.05) is 11.9 Å². The molecular weight excluding hydrogens is 316 g/mol. The molecule has 1 aliphatic carbocycles. The van der Waals surface area contributed by atoms with E-state index in [1.54, 1.807) is 11.3 Å². The standard InChI is InChI=1S/C15H20N4OS2/c1-4-16-15-17-8(2)13(22-15)14(20)19-10-6-5-7-11-12(10)18-9(3)21-11/h10H,4-7H2,1-3H3,(H,16,17)(H,19,20)/t10-/m1/s1. The van der Waals surface area contributed by atoms with Gasteiger partial charge in [-0.1, -0.05) is 11.3 Å². The van der Waals surface area contributed by atoms with Gasteiger partial charge >= 0.3 is 0 Å². The first-order valence-corrected chi connectivity index (χ1v) is 9.20. The number of hydrogen-bond donors (Lipinski definition) is 2. The number of carbonyl (C=O) groups is 1. The fraction of sp³-hybridized carbons (Fsp3) is 0.533. The second-order valence-corrected chi connectivity index (χ2v) is 7.71. The van der Waals surface area contributed by atoms with Crippen LogP contribution in [0.2, 0.25) is 0 Å². The van der Waals surface area contributed by atoms with Crippen LogP contribution in [0.25, 0.3) is 0 Å². The molecule has 2 heterocycles. The predicted octanol–water partition coefficient (Wildman–Crippen LogP) is 3.46. The third-order valence-electron chi connectivity index (χ3n) is 3.70. The molecule has 0 bridgehead atoms. The molecule has 1 aliphatic rings. The van der Waals surface area contributed by atoms with Crippen LogP contribution in [0, 0.1) is 13.8 Å². The molecule has 3 rings (SSSR count). The highest BCUT2D eigenvalue weighted by molar-refractivity contribution is 7.17. The van der Waals surface area contributed by atoms with E-state index in [0.29, 0.717) is 4.88 Å². The van der Waals surface area contributed by atoms with Crippen LogP contribution in [0.5, 0.6) is 0 Å². The lowest BCUT2D eigenvalue weighted by Gasteiger charge is -2.22. The van der Waals surface area contributed by atoms with Crippen LogP contribution in [-0.4, -0.2) is 22.4 Å². The largest absolute Gasteiger partial charge is 0.362 e. The van der Waals surface area contributed by atoms with Gasteiger partial charge in [-0.2, -0.15) is 0 Å². The summed E-state index contributed by atoms with van der Waals surface area (Å²) in [7, 11) is 0. The zero-order valence-corrected chi connectivity index (χ0v) is 14.7. The molecule has 0 saturated carbocycles. The lowest BCUT2D eigenvalue weighted by Crippen LogP contribution is -2.30. The Morgan fingerprint density at radius 2 is 2.14 bits per heavy atom. The Morgan fingerprint density at radius 3 is 2.91 bits per heavy atom. The number of thiazole rings is 2. The number of rotatable bonds is 4. The van der Waals surface area contributed by atoms with Gasteiger partial charge in [-0.25, -0.2) is 9.97 Å². The summed E-state index contributed by atoms with van der Waals surface area (Å²) >= 11 is 3.16. The summed E-state index contributed by atoms with van der Waals surface area (Å²) in [6.07, 6.45) is 3.14. The third-order valence-corrected chi connectivity index (χ3v) is 5.86. The maximum Gasteiger partial charge on any atom is 0.263 e. The van der Waals surface area contributed by atoms with Gasteiger partial charge in [0.2, 0.25) is 0 Å². The van der Waals surface area contributed by atoms with E-state index in [1.165, 1.54) is 16.2 Å². The summed E-state index contributed by atoms with van der Waals surface area (Å²) in [5.74, 6) is -0.0392. The topological polar surface area (TPSA) is 66.9 Å². The van der Waals surface area contributed by atoms with Gasteiger partial charge in [0.25, 0.3) is 5.91 Å². The number of aryl methyl sites for hydroxylation is 3. The fourth-order valence-corrected chi connectivity index (χ4v) is 4.72. The maximum atomic E-state index is 12.6. The van der Waals surface area contributed by atoms with E-state index < -0.39 is 0 Å². The number of amides is 1. The van der Waals surface area contributed by atoms with Crippen LogP contribution in [0.1, 0.15) is 56.8 Å². The number of hydrogen-bond acceptors (Lipinski definition) is 6. The van der Waals surface area contributed by atoms with Gasteiger partial charge < -0.3 is 10.6 Å². The molecule has 5 nitrogen and oxygen atoms in total. The number of carbonyl (C=O) groups excluding carboxylic acids is 1. The molecule has 0 aromatic carbocycles. The van der Waals surface area contributed by atoms with Crippen molar-refractivity contribution in [1.82, 2.24) is 15.3 Å². The van der Waals surface area contributed by atoms with Crippen molar-refractivity contribution in [2.24, 2.45) is 0 Å². The first-order valence-electron chi connectivity index (χ1n) is 7.56. The molecule has 22 heavy (non-hydrogen) atoms. The van der Waals surface area contributed by atoms with Gasteiger partial charge in [0.15, 0.2) is 5.13 Å². The average molecular weight is 336 g/mol. The Morgan fingerprint density at radius 1 is 1.32 bits per heavy atom. The monoisotopic (exact) mass is 336 g/mol. The summed E-state index contributed by atoms with van der Waals surface area (Å²) in [5, 5.41) is 8.19. The van der Waals surface area contributed by atoms with Crippen LogP contribution in [0.3, 0.4) is 0 Å². The first-order chi connectivity index (χ1) is 10.6. The summed E-state index contributed by atoms with van der Waals surface area (Å²) in [6.45, 7) is 6.73. The van der Waals surface area contributed by atoms with E-state index >= 15 is 0 Å². The van der Waals surface area contributed by atoms with Gasteiger partial charge in [0.05, 0.1) is 22.4 Å². The van der Waals surface area contributed by atoms with E-state index in [0.717, 1.165) is 47.3 Å². The Bertz CT molecular complexity index is 692. The smallest absolute Gasteiger partial charge is 0.263 e. The average Bonchev–Trinajstić information content (AvgIpc) is 3.02. The minimum absolute atomic E-state index is 0.0327. The minimum atomic E-state index is -0.0392. The number of anilines is 1. The van der Waals surface area contributed by atoms with E-state index in [-0.39, 0.29) is 11.9 Å². The molecule has 0 spiro atoms. The van der Waals surface area contributed by atoms with E-state index in [4.69, 9.17) is 0 Å². The molecule has 1 amide bonds. The summed E-state index contributed by atoms with van der Waals surface area (Å²) in [5.41, 5.74) is 1.85. The van der Waals surface area contributed by atoms with E-state index in [1.807, 2.05) is 20.8 Å². The summed E-state index contributed by atoms with van der Waals surface area (Å²) in [4.78, 5) is 23.6. The Hall–Kier alpha value is -1.47. The van der Waals surface area contributed by atoms with E-state index in [9.17, 15) is 4.79 Å².